The average molecular weight is 409 g/mol. The van der Waals surface area contributed by atoms with Gasteiger partial charge in [0.05, 0.1) is 12.0 Å². The highest BCUT2D eigenvalue weighted by Crippen LogP contribution is 2.27. The number of aromatic nitrogens is 4. The fourth-order valence-electron chi connectivity index (χ4n) is 3.14. The largest absolute Gasteiger partial charge is 0.507 e. The standard InChI is InChI=1S/C23H28N4O3/c1-22(2,3)14-7-8-18(28)13(9-14)10-16-20(29)27-17(21(30)26-16)11-15-19(23(4,5)6)25-12-24-15/h7-12,28H,1-6H3,(H,24,25)(H,26,30)(H,27,29). The summed E-state index contributed by atoms with van der Waals surface area (Å²) in [5.74, 6) is 0.0326. The van der Waals surface area contributed by atoms with E-state index >= 15 is 0 Å². The van der Waals surface area contributed by atoms with Crippen molar-refractivity contribution in [3.05, 3.63) is 78.4 Å². The number of aromatic hydroxyl groups is 1. The van der Waals surface area contributed by atoms with Crippen molar-refractivity contribution in [3.8, 4) is 5.75 Å². The van der Waals surface area contributed by atoms with Crippen LogP contribution >= 0.6 is 0 Å². The molecular formula is C23H28N4O3. The van der Waals surface area contributed by atoms with Gasteiger partial charge in [-0.2, -0.15) is 0 Å². The molecule has 0 fully saturated rings. The third-order valence-corrected chi connectivity index (χ3v) is 4.88. The van der Waals surface area contributed by atoms with E-state index in [1.807, 2.05) is 32.9 Å². The van der Waals surface area contributed by atoms with E-state index in [9.17, 15) is 14.7 Å². The van der Waals surface area contributed by atoms with Crippen molar-refractivity contribution in [1.82, 2.24) is 19.9 Å². The first-order chi connectivity index (χ1) is 13.9. The molecule has 0 aliphatic carbocycles. The minimum absolute atomic E-state index is 0.0326. The van der Waals surface area contributed by atoms with Gasteiger partial charge >= 0.3 is 0 Å². The summed E-state index contributed by atoms with van der Waals surface area (Å²) in [6.45, 7) is 12.3. The molecule has 2 heterocycles. The van der Waals surface area contributed by atoms with Crippen molar-refractivity contribution < 1.29 is 5.11 Å². The molecule has 0 amide bonds. The molecule has 4 N–H and O–H groups in total. The number of imidazole rings is 1. The number of phenols is 1. The lowest BCUT2D eigenvalue weighted by Crippen LogP contribution is -2.46. The SMILES string of the molecule is CC(C)(C)c1ccc(O)c(C=c2[nH]c(=O)c(=Cc3nc[nH]c3C(C)(C)C)[nH]c2=O)c1. The maximum Gasteiger partial charge on any atom is 0.272 e. The highest BCUT2D eigenvalue weighted by molar-refractivity contribution is 5.57. The van der Waals surface area contributed by atoms with Gasteiger partial charge in [0, 0.05) is 16.7 Å². The first-order valence-electron chi connectivity index (χ1n) is 9.80. The Balaban J connectivity index is 2.15. The summed E-state index contributed by atoms with van der Waals surface area (Å²) in [6, 6.07) is 5.24. The zero-order chi connectivity index (χ0) is 22.3. The van der Waals surface area contributed by atoms with Crippen molar-refractivity contribution in [2.75, 3.05) is 0 Å². The number of hydrogen-bond acceptors (Lipinski definition) is 4. The molecule has 0 spiro atoms. The fraction of sp³-hybridized carbons (Fsp3) is 0.348. The van der Waals surface area contributed by atoms with Crippen LogP contribution in [-0.4, -0.2) is 25.0 Å². The average Bonchev–Trinajstić information content (AvgIpc) is 3.08. The van der Waals surface area contributed by atoms with Crippen molar-refractivity contribution in [3.63, 3.8) is 0 Å². The molecule has 7 nitrogen and oxygen atoms in total. The molecule has 0 saturated heterocycles. The Kier molecular flexibility index (Phi) is 5.33. The molecule has 0 aliphatic rings. The first-order valence-corrected chi connectivity index (χ1v) is 9.80. The number of aromatic amines is 3. The molecule has 0 saturated carbocycles. The smallest absolute Gasteiger partial charge is 0.272 e. The van der Waals surface area contributed by atoms with Gasteiger partial charge < -0.3 is 20.1 Å². The molecule has 7 heteroatoms. The van der Waals surface area contributed by atoms with Crippen molar-refractivity contribution >= 4 is 12.2 Å². The van der Waals surface area contributed by atoms with E-state index in [-0.39, 0.29) is 27.3 Å². The highest BCUT2D eigenvalue weighted by atomic mass is 16.3. The maximum absolute atomic E-state index is 12.6. The molecule has 0 atom stereocenters. The molecule has 2 aromatic heterocycles. The van der Waals surface area contributed by atoms with E-state index in [1.54, 1.807) is 18.5 Å². The van der Waals surface area contributed by atoms with E-state index in [4.69, 9.17) is 0 Å². The zero-order valence-electron chi connectivity index (χ0n) is 18.2. The van der Waals surface area contributed by atoms with Crippen LogP contribution in [0.5, 0.6) is 5.75 Å². The number of hydrogen-bond donors (Lipinski definition) is 4. The molecule has 0 bridgehead atoms. The predicted octanol–water partition coefficient (Wildman–Crippen LogP) is 1.74. The number of H-pyrrole nitrogens is 3. The van der Waals surface area contributed by atoms with Crippen molar-refractivity contribution in [1.29, 1.82) is 0 Å². The summed E-state index contributed by atoms with van der Waals surface area (Å²) < 4.78 is 0. The quantitative estimate of drug-likeness (QED) is 0.517. The van der Waals surface area contributed by atoms with Crippen LogP contribution in [0.15, 0.2) is 34.1 Å². The summed E-state index contributed by atoms with van der Waals surface area (Å²) >= 11 is 0. The molecule has 0 radical (unpaired) electrons. The second-order valence-corrected chi connectivity index (χ2v) is 9.46. The van der Waals surface area contributed by atoms with Gasteiger partial charge in [-0.3, -0.25) is 9.59 Å². The summed E-state index contributed by atoms with van der Waals surface area (Å²) in [7, 11) is 0. The molecule has 3 rings (SSSR count). The van der Waals surface area contributed by atoms with Gasteiger partial charge in [-0.15, -0.1) is 0 Å². The minimum atomic E-state index is -0.464. The fourth-order valence-corrected chi connectivity index (χ4v) is 3.14. The third kappa shape index (κ3) is 4.45. The molecule has 0 aliphatic heterocycles. The Labute approximate surface area is 174 Å². The summed E-state index contributed by atoms with van der Waals surface area (Å²) in [5, 5.41) is 10.4. The molecular weight excluding hydrogens is 380 g/mol. The molecule has 0 unspecified atom stereocenters. The summed E-state index contributed by atoms with van der Waals surface area (Å²) in [6.07, 6.45) is 4.59. The maximum atomic E-state index is 12.6. The first kappa shape index (κ1) is 21.4. The Hall–Kier alpha value is -3.35. The van der Waals surface area contributed by atoms with Crippen LogP contribution < -0.4 is 21.8 Å². The Morgan fingerprint density at radius 3 is 2.07 bits per heavy atom. The Morgan fingerprint density at radius 1 is 0.900 bits per heavy atom. The topological polar surface area (TPSA) is 115 Å². The minimum Gasteiger partial charge on any atom is -0.507 e. The normalized spacial score (nSPS) is 13.8. The number of rotatable bonds is 2. The zero-order valence-corrected chi connectivity index (χ0v) is 18.2. The lowest BCUT2D eigenvalue weighted by molar-refractivity contribution is 0.472. The van der Waals surface area contributed by atoms with E-state index in [0.29, 0.717) is 11.3 Å². The second kappa shape index (κ2) is 7.48. The van der Waals surface area contributed by atoms with Crippen LogP contribution in [-0.2, 0) is 10.8 Å². The summed E-state index contributed by atoms with van der Waals surface area (Å²) in [5.41, 5.74) is 1.69. The van der Waals surface area contributed by atoms with Gasteiger partial charge in [0.25, 0.3) is 11.1 Å². The second-order valence-electron chi connectivity index (χ2n) is 9.46. The lowest BCUT2D eigenvalue weighted by atomic mass is 9.86. The van der Waals surface area contributed by atoms with Crippen LogP contribution in [0.4, 0.5) is 0 Å². The van der Waals surface area contributed by atoms with Crippen LogP contribution in [0.25, 0.3) is 12.2 Å². The van der Waals surface area contributed by atoms with Crippen molar-refractivity contribution in [2.45, 2.75) is 52.4 Å². The Bertz CT molecular complexity index is 1310. The van der Waals surface area contributed by atoms with E-state index < -0.39 is 11.1 Å². The molecule has 1 aromatic carbocycles. The van der Waals surface area contributed by atoms with E-state index in [2.05, 4.69) is 40.7 Å². The number of phenolic OH excluding ortho intramolecular Hbond substituents is 1. The van der Waals surface area contributed by atoms with E-state index in [1.165, 1.54) is 6.08 Å². The number of nitrogens with zero attached hydrogens (tertiary/aromatic N) is 1. The van der Waals surface area contributed by atoms with Crippen LogP contribution in [0, 0.1) is 0 Å². The van der Waals surface area contributed by atoms with E-state index in [0.717, 1.165) is 11.3 Å². The summed E-state index contributed by atoms with van der Waals surface area (Å²) in [4.78, 5) is 37.8. The predicted molar refractivity (Wildman–Crippen MR) is 118 cm³/mol. The molecule has 30 heavy (non-hydrogen) atoms. The third-order valence-electron chi connectivity index (χ3n) is 4.88. The highest BCUT2D eigenvalue weighted by Gasteiger charge is 2.19. The monoisotopic (exact) mass is 408 g/mol. The van der Waals surface area contributed by atoms with Gasteiger partial charge in [-0.1, -0.05) is 47.6 Å². The molecule has 3 aromatic rings. The van der Waals surface area contributed by atoms with Gasteiger partial charge in [0.1, 0.15) is 16.4 Å². The van der Waals surface area contributed by atoms with Crippen LogP contribution in [0.2, 0.25) is 0 Å². The van der Waals surface area contributed by atoms with Gasteiger partial charge in [0.2, 0.25) is 0 Å². The number of benzene rings is 1. The number of nitrogens with one attached hydrogen (secondary N) is 3. The van der Waals surface area contributed by atoms with Gasteiger partial charge in [-0.05, 0) is 35.3 Å². The Morgan fingerprint density at radius 2 is 1.50 bits per heavy atom. The molecule has 158 valence electrons. The van der Waals surface area contributed by atoms with Gasteiger partial charge in [0.15, 0.2) is 0 Å². The lowest BCUT2D eigenvalue weighted by Gasteiger charge is -2.19. The van der Waals surface area contributed by atoms with Crippen LogP contribution in [0.1, 0.15) is 64.1 Å². The van der Waals surface area contributed by atoms with Crippen LogP contribution in [0.3, 0.4) is 0 Å². The van der Waals surface area contributed by atoms with Gasteiger partial charge in [-0.25, -0.2) is 4.98 Å². The van der Waals surface area contributed by atoms with Crippen molar-refractivity contribution in [2.24, 2.45) is 0 Å².